The number of hydrogen-bond acceptors (Lipinski definition) is 5. The van der Waals surface area contributed by atoms with Crippen LogP contribution in [0.4, 0.5) is 0 Å². The number of hydrogen-bond donors (Lipinski definition) is 1. The largest absolute Gasteiger partial charge is 0.316 e. The van der Waals surface area contributed by atoms with Crippen LogP contribution in [0.15, 0.2) is 10.7 Å². The first-order chi connectivity index (χ1) is 6.79. The van der Waals surface area contributed by atoms with E-state index in [1.807, 2.05) is 0 Å². The summed E-state index contributed by atoms with van der Waals surface area (Å²) in [5.74, 6) is 1.87. The van der Waals surface area contributed by atoms with Gasteiger partial charge in [-0.1, -0.05) is 25.6 Å². The molecule has 0 spiro atoms. The lowest BCUT2D eigenvalue weighted by atomic mass is 10.1. The van der Waals surface area contributed by atoms with Gasteiger partial charge >= 0.3 is 0 Å². The Morgan fingerprint density at radius 2 is 2.36 bits per heavy atom. The van der Waals surface area contributed by atoms with E-state index in [0.29, 0.717) is 0 Å². The smallest absolute Gasteiger partial charge is 0.169 e. The normalized spacial score (nSPS) is 11.1. The maximum atomic E-state index is 4.10. The molecule has 0 aromatic carbocycles. The lowest BCUT2D eigenvalue weighted by molar-refractivity contribution is 0.547. The zero-order valence-corrected chi connectivity index (χ0v) is 10.3. The van der Waals surface area contributed by atoms with E-state index in [9.17, 15) is 0 Å². The molecule has 0 fully saturated rings. The molecule has 0 bridgehead atoms. The van der Waals surface area contributed by atoms with Gasteiger partial charge in [-0.2, -0.15) is 4.37 Å². The summed E-state index contributed by atoms with van der Waals surface area (Å²) in [5.41, 5.74) is 0. The fourth-order valence-electron chi connectivity index (χ4n) is 0.953. The summed E-state index contributed by atoms with van der Waals surface area (Å²) in [7, 11) is 0. The predicted molar refractivity (Wildman–Crippen MR) is 63.0 cm³/mol. The Kier molecular flexibility index (Phi) is 6.14. The highest BCUT2D eigenvalue weighted by atomic mass is 32.2. The fourth-order valence-corrected chi connectivity index (χ4v) is 2.36. The standard InChI is InChI=1S/C9H17N3S2/c1-8(2)3-4-10-5-6-13-9-11-7-12-14-9/h7-8,10H,3-6H2,1-2H3. The van der Waals surface area contributed by atoms with E-state index in [1.54, 1.807) is 18.1 Å². The van der Waals surface area contributed by atoms with E-state index >= 15 is 0 Å². The summed E-state index contributed by atoms with van der Waals surface area (Å²) in [6.07, 6.45) is 2.86. The highest BCUT2D eigenvalue weighted by Crippen LogP contribution is 2.16. The number of nitrogens with zero attached hydrogens (tertiary/aromatic N) is 2. The minimum absolute atomic E-state index is 0.790. The van der Waals surface area contributed by atoms with Crippen molar-refractivity contribution < 1.29 is 0 Å². The van der Waals surface area contributed by atoms with E-state index in [0.717, 1.165) is 29.1 Å². The minimum atomic E-state index is 0.790. The Morgan fingerprint density at radius 3 is 3.00 bits per heavy atom. The molecule has 0 aliphatic carbocycles. The van der Waals surface area contributed by atoms with Gasteiger partial charge in [0.1, 0.15) is 6.33 Å². The summed E-state index contributed by atoms with van der Waals surface area (Å²) < 4.78 is 5.02. The second kappa shape index (κ2) is 7.20. The quantitative estimate of drug-likeness (QED) is 0.577. The first-order valence-electron chi connectivity index (χ1n) is 4.89. The molecule has 5 heteroatoms. The summed E-state index contributed by atoms with van der Waals surface area (Å²) in [6, 6.07) is 0. The van der Waals surface area contributed by atoms with Gasteiger partial charge in [-0.05, 0) is 30.4 Å². The molecule has 1 heterocycles. The highest BCUT2D eigenvalue weighted by Gasteiger charge is 1.97. The molecule has 3 nitrogen and oxygen atoms in total. The molecule has 0 amide bonds. The fraction of sp³-hybridized carbons (Fsp3) is 0.778. The van der Waals surface area contributed by atoms with Crippen LogP contribution in [0, 0.1) is 5.92 Å². The van der Waals surface area contributed by atoms with E-state index in [-0.39, 0.29) is 0 Å². The average Bonchev–Trinajstić information content (AvgIpc) is 2.63. The van der Waals surface area contributed by atoms with Gasteiger partial charge < -0.3 is 5.32 Å². The Balaban J connectivity index is 1.90. The molecule has 0 aliphatic rings. The molecule has 0 unspecified atom stereocenters. The van der Waals surface area contributed by atoms with Crippen LogP contribution in [0.2, 0.25) is 0 Å². The summed E-state index contributed by atoms with van der Waals surface area (Å²) in [4.78, 5) is 4.10. The molecule has 1 aromatic heterocycles. The van der Waals surface area contributed by atoms with Crippen molar-refractivity contribution in [1.82, 2.24) is 14.7 Å². The monoisotopic (exact) mass is 231 g/mol. The SMILES string of the molecule is CC(C)CCNCCSc1ncns1. The molecule has 1 rings (SSSR count). The number of aromatic nitrogens is 2. The molecule has 0 radical (unpaired) electrons. The molecule has 0 saturated carbocycles. The van der Waals surface area contributed by atoms with Crippen LogP contribution >= 0.6 is 23.3 Å². The third-order valence-electron chi connectivity index (χ3n) is 1.74. The molecule has 0 saturated heterocycles. The Bertz CT molecular complexity index is 224. The third kappa shape index (κ3) is 5.57. The zero-order valence-electron chi connectivity index (χ0n) is 8.69. The van der Waals surface area contributed by atoms with Gasteiger partial charge in [0.05, 0.1) is 0 Å². The van der Waals surface area contributed by atoms with E-state index in [2.05, 4.69) is 28.5 Å². The summed E-state index contributed by atoms with van der Waals surface area (Å²) in [5, 5.41) is 3.41. The van der Waals surface area contributed by atoms with Gasteiger partial charge in [0.25, 0.3) is 0 Å². The number of thioether (sulfide) groups is 1. The first-order valence-corrected chi connectivity index (χ1v) is 6.65. The molecule has 0 aliphatic heterocycles. The van der Waals surface area contributed by atoms with Crippen LogP contribution in [0.25, 0.3) is 0 Å². The Morgan fingerprint density at radius 1 is 1.50 bits per heavy atom. The van der Waals surface area contributed by atoms with Gasteiger partial charge in [0, 0.05) is 12.3 Å². The number of nitrogens with one attached hydrogen (secondary N) is 1. The van der Waals surface area contributed by atoms with Gasteiger partial charge in [0.2, 0.25) is 0 Å². The molecule has 14 heavy (non-hydrogen) atoms. The topological polar surface area (TPSA) is 37.8 Å². The van der Waals surface area contributed by atoms with Crippen molar-refractivity contribution in [2.24, 2.45) is 5.92 Å². The first kappa shape index (κ1) is 11.9. The Hall–Kier alpha value is -0.130. The van der Waals surface area contributed by atoms with Crippen molar-refractivity contribution in [3.63, 3.8) is 0 Å². The lowest BCUT2D eigenvalue weighted by Crippen LogP contribution is -2.19. The average molecular weight is 231 g/mol. The number of rotatable bonds is 7. The van der Waals surface area contributed by atoms with Crippen molar-refractivity contribution in [1.29, 1.82) is 0 Å². The van der Waals surface area contributed by atoms with Gasteiger partial charge in [-0.25, -0.2) is 4.98 Å². The zero-order chi connectivity index (χ0) is 10.2. The molecular formula is C9H17N3S2. The van der Waals surface area contributed by atoms with Crippen molar-refractivity contribution in [3.05, 3.63) is 6.33 Å². The molecular weight excluding hydrogens is 214 g/mol. The van der Waals surface area contributed by atoms with Crippen molar-refractivity contribution in [2.75, 3.05) is 18.8 Å². The molecule has 1 aromatic rings. The van der Waals surface area contributed by atoms with Gasteiger partial charge in [-0.3, -0.25) is 0 Å². The maximum Gasteiger partial charge on any atom is 0.169 e. The van der Waals surface area contributed by atoms with E-state index < -0.39 is 0 Å². The van der Waals surface area contributed by atoms with Crippen LogP contribution < -0.4 is 5.32 Å². The van der Waals surface area contributed by atoms with Crippen molar-refractivity contribution >= 4 is 23.3 Å². The predicted octanol–water partition coefficient (Wildman–Crippen LogP) is 2.27. The summed E-state index contributed by atoms with van der Waals surface area (Å²) >= 11 is 3.23. The van der Waals surface area contributed by atoms with Crippen LogP contribution in [0.3, 0.4) is 0 Å². The van der Waals surface area contributed by atoms with Gasteiger partial charge in [0.15, 0.2) is 4.34 Å². The van der Waals surface area contributed by atoms with Crippen molar-refractivity contribution in [3.8, 4) is 0 Å². The highest BCUT2D eigenvalue weighted by molar-refractivity contribution is 8.00. The van der Waals surface area contributed by atoms with Crippen LogP contribution in [-0.4, -0.2) is 28.2 Å². The molecule has 0 atom stereocenters. The third-order valence-corrected chi connectivity index (χ3v) is 3.54. The van der Waals surface area contributed by atoms with Gasteiger partial charge in [-0.15, -0.1) is 0 Å². The van der Waals surface area contributed by atoms with Crippen LogP contribution in [-0.2, 0) is 0 Å². The van der Waals surface area contributed by atoms with Crippen LogP contribution in [0.5, 0.6) is 0 Å². The second-order valence-electron chi connectivity index (χ2n) is 3.49. The molecule has 1 N–H and O–H groups in total. The van der Waals surface area contributed by atoms with E-state index in [1.165, 1.54) is 18.0 Å². The van der Waals surface area contributed by atoms with Crippen molar-refractivity contribution in [2.45, 2.75) is 24.6 Å². The second-order valence-corrected chi connectivity index (χ2v) is 5.61. The lowest BCUT2D eigenvalue weighted by Gasteiger charge is -2.05. The maximum absolute atomic E-state index is 4.10. The van der Waals surface area contributed by atoms with E-state index in [4.69, 9.17) is 0 Å². The summed E-state index contributed by atoms with van der Waals surface area (Å²) in [6.45, 7) is 6.67. The van der Waals surface area contributed by atoms with Crippen LogP contribution in [0.1, 0.15) is 20.3 Å². The molecule has 80 valence electrons. The Labute approximate surface area is 93.9 Å². The minimum Gasteiger partial charge on any atom is -0.316 e.